The molecule has 1 saturated carbocycles. The molecule has 4 unspecified atom stereocenters. The molecule has 3 rings (SSSR count). The number of carbonyl (C=O) groups excluding carboxylic acids is 1. The minimum absolute atomic E-state index is 0.0197. The minimum atomic E-state index is -0.887. The van der Waals surface area contributed by atoms with E-state index in [-0.39, 0.29) is 23.3 Å². The van der Waals surface area contributed by atoms with E-state index in [9.17, 15) is 14.7 Å². The number of rotatable bonds is 5. The van der Waals surface area contributed by atoms with Gasteiger partial charge in [-0.2, -0.15) is 0 Å². The van der Waals surface area contributed by atoms with Gasteiger partial charge >= 0.3 is 5.97 Å². The molecule has 6 heteroatoms. The summed E-state index contributed by atoms with van der Waals surface area (Å²) in [6.45, 7) is 6.17. The fourth-order valence-electron chi connectivity index (χ4n) is 3.71. The molecule has 134 valence electrons. The predicted molar refractivity (Wildman–Crippen MR) is 91.8 cm³/mol. The van der Waals surface area contributed by atoms with E-state index in [4.69, 9.17) is 4.74 Å². The number of carbonyl (C=O) groups is 2. The Balaban J connectivity index is 1.59. The quantitative estimate of drug-likeness (QED) is 0.801. The number of hydrogen-bond donors (Lipinski definition) is 2. The molecule has 1 heterocycles. The average molecular weight is 344 g/mol. The van der Waals surface area contributed by atoms with Gasteiger partial charge in [-0.3, -0.25) is 9.59 Å². The standard InChI is InChI=1S/C19H24N2O4/c1-19(2,3)25-14-7-4-11(9-20-14)10-21-17(22)15-12-5-6-13(8-12)16(15)18(23)24/h4-7,9,12-13,15-16H,8,10H2,1-3H3,(H,21,22)(H,23,24). The van der Waals surface area contributed by atoms with E-state index >= 15 is 0 Å². The number of carboxylic acids is 1. The molecule has 2 bridgehead atoms. The lowest BCUT2D eigenvalue weighted by Gasteiger charge is -2.24. The first kappa shape index (κ1) is 17.5. The molecule has 0 aliphatic heterocycles. The van der Waals surface area contributed by atoms with Crippen LogP contribution in [0.2, 0.25) is 0 Å². The molecular formula is C19H24N2O4. The van der Waals surface area contributed by atoms with Gasteiger partial charge < -0.3 is 15.2 Å². The number of aliphatic carboxylic acids is 1. The van der Waals surface area contributed by atoms with Gasteiger partial charge in [-0.05, 0) is 44.6 Å². The van der Waals surface area contributed by atoms with Gasteiger partial charge in [-0.15, -0.1) is 0 Å². The van der Waals surface area contributed by atoms with Crippen LogP contribution in [0.25, 0.3) is 0 Å². The van der Waals surface area contributed by atoms with E-state index < -0.39 is 17.8 Å². The molecule has 1 fully saturated rings. The molecule has 1 amide bonds. The average Bonchev–Trinajstić information content (AvgIpc) is 3.13. The van der Waals surface area contributed by atoms with Crippen LogP contribution >= 0.6 is 0 Å². The molecule has 0 aromatic carbocycles. The fraction of sp³-hybridized carbons (Fsp3) is 0.526. The zero-order valence-corrected chi connectivity index (χ0v) is 14.7. The van der Waals surface area contributed by atoms with E-state index in [1.807, 2.05) is 39.0 Å². The Morgan fingerprint density at radius 2 is 1.92 bits per heavy atom. The summed E-state index contributed by atoms with van der Waals surface area (Å²) < 4.78 is 5.67. The first-order valence-corrected chi connectivity index (χ1v) is 8.57. The van der Waals surface area contributed by atoms with Crippen LogP contribution in [0, 0.1) is 23.7 Å². The summed E-state index contributed by atoms with van der Waals surface area (Å²) in [6, 6.07) is 3.62. The molecule has 1 aromatic heterocycles. The number of hydrogen-bond acceptors (Lipinski definition) is 4. The Morgan fingerprint density at radius 3 is 2.48 bits per heavy atom. The van der Waals surface area contributed by atoms with Crippen molar-refractivity contribution in [3.63, 3.8) is 0 Å². The van der Waals surface area contributed by atoms with Crippen LogP contribution in [0.4, 0.5) is 0 Å². The van der Waals surface area contributed by atoms with Gasteiger partial charge in [0.1, 0.15) is 5.60 Å². The third-order valence-corrected chi connectivity index (χ3v) is 4.72. The number of carboxylic acid groups (broad SMARTS) is 1. The van der Waals surface area contributed by atoms with Crippen molar-refractivity contribution in [3.8, 4) is 5.88 Å². The summed E-state index contributed by atoms with van der Waals surface area (Å²) in [4.78, 5) is 28.3. The Labute approximate surface area is 147 Å². The lowest BCUT2D eigenvalue weighted by molar-refractivity contribution is -0.147. The van der Waals surface area contributed by atoms with Crippen molar-refractivity contribution in [3.05, 3.63) is 36.0 Å². The van der Waals surface area contributed by atoms with Gasteiger partial charge in [0.2, 0.25) is 11.8 Å². The second-order valence-electron chi connectivity index (χ2n) is 7.78. The maximum absolute atomic E-state index is 12.5. The smallest absolute Gasteiger partial charge is 0.307 e. The normalized spacial score (nSPS) is 27.3. The Kier molecular flexibility index (Phi) is 4.54. The van der Waals surface area contributed by atoms with Gasteiger partial charge in [0.15, 0.2) is 0 Å². The van der Waals surface area contributed by atoms with E-state index in [2.05, 4.69) is 10.3 Å². The highest BCUT2D eigenvalue weighted by molar-refractivity contribution is 5.86. The summed E-state index contributed by atoms with van der Waals surface area (Å²) in [7, 11) is 0. The van der Waals surface area contributed by atoms with Crippen molar-refractivity contribution in [1.29, 1.82) is 0 Å². The number of allylic oxidation sites excluding steroid dienone is 2. The van der Waals surface area contributed by atoms with Crippen molar-refractivity contribution in [2.45, 2.75) is 39.3 Å². The van der Waals surface area contributed by atoms with Crippen LogP contribution < -0.4 is 10.1 Å². The largest absolute Gasteiger partial charge is 0.481 e. The highest BCUT2D eigenvalue weighted by Gasteiger charge is 2.51. The van der Waals surface area contributed by atoms with Gasteiger partial charge in [-0.25, -0.2) is 4.98 Å². The van der Waals surface area contributed by atoms with Crippen LogP contribution in [0.3, 0.4) is 0 Å². The Bertz CT molecular complexity index is 690. The molecule has 4 atom stereocenters. The van der Waals surface area contributed by atoms with Crippen molar-refractivity contribution >= 4 is 11.9 Å². The topological polar surface area (TPSA) is 88.5 Å². The maximum atomic E-state index is 12.5. The van der Waals surface area contributed by atoms with Gasteiger partial charge in [-0.1, -0.05) is 18.2 Å². The van der Waals surface area contributed by atoms with Crippen molar-refractivity contribution < 1.29 is 19.4 Å². The molecule has 6 nitrogen and oxygen atoms in total. The molecule has 0 radical (unpaired) electrons. The maximum Gasteiger partial charge on any atom is 0.307 e. The number of aromatic nitrogens is 1. The molecule has 0 spiro atoms. The van der Waals surface area contributed by atoms with Crippen LogP contribution in [0.15, 0.2) is 30.5 Å². The molecule has 2 N–H and O–H groups in total. The lowest BCUT2D eigenvalue weighted by Crippen LogP contribution is -2.39. The second kappa shape index (κ2) is 6.50. The van der Waals surface area contributed by atoms with Crippen LogP contribution in [-0.4, -0.2) is 27.6 Å². The summed E-state index contributed by atoms with van der Waals surface area (Å²) in [5.41, 5.74) is 0.532. The number of amides is 1. The monoisotopic (exact) mass is 344 g/mol. The summed E-state index contributed by atoms with van der Waals surface area (Å²) in [6.07, 6.45) is 6.34. The third kappa shape index (κ3) is 3.83. The van der Waals surface area contributed by atoms with Gasteiger partial charge in [0.05, 0.1) is 11.8 Å². The first-order chi connectivity index (χ1) is 11.7. The molecule has 25 heavy (non-hydrogen) atoms. The predicted octanol–water partition coefficient (Wildman–Crippen LogP) is 2.40. The molecule has 2 aliphatic rings. The SMILES string of the molecule is CC(C)(C)Oc1ccc(CNC(=O)C2C3C=CC(C3)C2C(=O)O)cn1. The van der Waals surface area contributed by atoms with Crippen LogP contribution in [0.1, 0.15) is 32.8 Å². The Hall–Kier alpha value is -2.37. The molecule has 1 aromatic rings. The number of fused-ring (bicyclic) bond motifs is 2. The first-order valence-electron chi connectivity index (χ1n) is 8.57. The minimum Gasteiger partial charge on any atom is -0.481 e. The summed E-state index contributed by atoms with van der Waals surface area (Å²) in [5, 5.41) is 12.3. The molecule has 0 saturated heterocycles. The van der Waals surface area contributed by atoms with Crippen molar-refractivity contribution in [2.24, 2.45) is 23.7 Å². The van der Waals surface area contributed by atoms with Crippen LogP contribution in [0.5, 0.6) is 5.88 Å². The second-order valence-corrected chi connectivity index (χ2v) is 7.78. The highest BCUT2D eigenvalue weighted by atomic mass is 16.5. The summed E-state index contributed by atoms with van der Waals surface area (Å²) >= 11 is 0. The lowest BCUT2D eigenvalue weighted by atomic mass is 9.82. The van der Waals surface area contributed by atoms with Crippen molar-refractivity contribution in [1.82, 2.24) is 10.3 Å². The molecule has 2 aliphatic carbocycles. The highest BCUT2D eigenvalue weighted by Crippen LogP contribution is 2.48. The number of nitrogens with zero attached hydrogens (tertiary/aromatic N) is 1. The van der Waals surface area contributed by atoms with E-state index in [1.165, 1.54) is 0 Å². The van der Waals surface area contributed by atoms with E-state index in [0.717, 1.165) is 12.0 Å². The van der Waals surface area contributed by atoms with Gasteiger partial charge in [0.25, 0.3) is 0 Å². The zero-order chi connectivity index (χ0) is 18.2. The van der Waals surface area contributed by atoms with Crippen molar-refractivity contribution in [2.75, 3.05) is 0 Å². The third-order valence-electron chi connectivity index (χ3n) is 4.72. The van der Waals surface area contributed by atoms with E-state index in [0.29, 0.717) is 12.4 Å². The van der Waals surface area contributed by atoms with Crippen LogP contribution in [-0.2, 0) is 16.1 Å². The number of pyridine rings is 1. The Morgan fingerprint density at radius 1 is 1.24 bits per heavy atom. The van der Waals surface area contributed by atoms with E-state index in [1.54, 1.807) is 12.3 Å². The number of ether oxygens (including phenoxy) is 1. The summed E-state index contributed by atoms with van der Waals surface area (Å²) in [5.74, 6) is -1.63. The fourth-order valence-corrected chi connectivity index (χ4v) is 3.71. The van der Waals surface area contributed by atoms with Gasteiger partial charge in [0, 0.05) is 18.8 Å². The molecular weight excluding hydrogens is 320 g/mol. The number of nitrogens with one attached hydrogen (secondary N) is 1. The zero-order valence-electron chi connectivity index (χ0n) is 14.7.